The van der Waals surface area contributed by atoms with Gasteiger partial charge in [-0.05, 0) is 12.8 Å². The molecule has 0 spiro atoms. The smallest absolute Gasteiger partial charge is 0.135 e. The van der Waals surface area contributed by atoms with Gasteiger partial charge in [-0.15, -0.1) is 0 Å². The summed E-state index contributed by atoms with van der Waals surface area (Å²) in [5.74, 6) is 0.784. The van der Waals surface area contributed by atoms with Gasteiger partial charge in [-0.25, -0.2) is 0 Å². The Balaban J connectivity index is 3.17. The summed E-state index contributed by atoms with van der Waals surface area (Å²) in [5.41, 5.74) is 0. The summed E-state index contributed by atoms with van der Waals surface area (Å²) < 4.78 is 0. The Labute approximate surface area is 134 Å². The average molecular weight is 297 g/mol. The molecule has 0 aromatic heterocycles. The number of ketones is 1. The molecule has 0 amide bonds. The normalized spacial score (nSPS) is 12.5. The van der Waals surface area contributed by atoms with Crippen LogP contribution in [0, 0.1) is 5.92 Å². The Bertz CT molecular complexity index is 222. The molecule has 1 nitrogen and oxygen atoms in total. The lowest BCUT2D eigenvalue weighted by molar-refractivity contribution is -0.122. The van der Waals surface area contributed by atoms with Gasteiger partial charge in [0.2, 0.25) is 0 Å². The first kappa shape index (κ1) is 20.7. The van der Waals surface area contributed by atoms with Crippen molar-refractivity contribution in [3.63, 3.8) is 0 Å². The summed E-state index contributed by atoms with van der Waals surface area (Å²) in [6.07, 6.45) is 19.4. The molecular formula is C20H40O. The van der Waals surface area contributed by atoms with E-state index in [2.05, 4.69) is 20.8 Å². The van der Waals surface area contributed by atoms with E-state index in [1.165, 1.54) is 70.6 Å². The average Bonchev–Trinajstić information content (AvgIpc) is 2.48. The van der Waals surface area contributed by atoms with Gasteiger partial charge in [-0.2, -0.15) is 0 Å². The number of carbonyl (C=O) groups excluding carboxylic acids is 1. The van der Waals surface area contributed by atoms with E-state index in [0.29, 0.717) is 11.7 Å². The van der Waals surface area contributed by atoms with Gasteiger partial charge in [0.15, 0.2) is 0 Å². The van der Waals surface area contributed by atoms with Gasteiger partial charge in [-0.1, -0.05) is 97.8 Å². The van der Waals surface area contributed by atoms with E-state index in [1.54, 1.807) is 0 Å². The topological polar surface area (TPSA) is 17.1 Å². The van der Waals surface area contributed by atoms with Crippen molar-refractivity contribution >= 4 is 5.78 Å². The molecule has 0 aromatic rings. The third-order valence-electron chi connectivity index (χ3n) is 4.55. The van der Waals surface area contributed by atoms with E-state index in [-0.39, 0.29) is 0 Å². The summed E-state index contributed by atoms with van der Waals surface area (Å²) in [6.45, 7) is 6.53. The second kappa shape index (κ2) is 16.0. The summed E-state index contributed by atoms with van der Waals surface area (Å²) in [6, 6.07) is 0. The van der Waals surface area contributed by atoms with Crippen molar-refractivity contribution < 1.29 is 4.79 Å². The highest BCUT2D eigenvalue weighted by molar-refractivity contribution is 5.80. The Morgan fingerprint density at radius 1 is 0.667 bits per heavy atom. The lowest BCUT2D eigenvalue weighted by Crippen LogP contribution is -2.10. The van der Waals surface area contributed by atoms with Crippen LogP contribution in [0.15, 0.2) is 0 Å². The third-order valence-corrected chi connectivity index (χ3v) is 4.55. The summed E-state index contributed by atoms with van der Waals surface area (Å²) >= 11 is 0. The van der Waals surface area contributed by atoms with E-state index in [9.17, 15) is 4.79 Å². The predicted octanol–water partition coefficient (Wildman–Crippen LogP) is 7.08. The molecule has 0 N–H and O–H groups in total. The zero-order valence-corrected chi connectivity index (χ0v) is 15.1. The lowest BCUT2D eigenvalue weighted by atomic mass is 9.96. The van der Waals surface area contributed by atoms with Crippen LogP contribution in [-0.4, -0.2) is 5.78 Å². The Kier molecular flexibility index (Phi) is 15.8. The fourth-order valence-corrected chi connectivity index (χ4v) is 2.98. The number of unbranched alkanes of at least 4 members (excludes halogenated alkanes) is 11. The highest BCUT2D eigenvalue weighted by Crippen LogP contribution is 2.14. The first-order chi connectivity index (χ1) is 10.2. The molecule has 0 saturated heterocycles. The van der Waals surface area contributed by atoms with Gasteiger partial charge >= 0.3 is 0 Å². The monoisotopic (exact) mass is 296 g/mol. The maximum atomic E-state index is 11.8. The first-order valence-electron chi connectivity index (χ1n) is 9.75. The molecule has 0 saturated carbocycles. The maximum Gasteiger partial charge on any atom is 0.135 e. The minimum Gasteiger partial charge on any atom is -0.299 e. The van der Waals surface area contributed by atoms with Crippen LogP contribution in [-0.2, 0) is 4.79 Å². The molecule has 1 atom stereocenters. The minimum absolute atomic E-state index is 0.294. The van der Waals surface area contributed by atoms with Gasteiger partial charge in [0.1, 0.15) is 5.78 Å². The molecule has 0 aromatic carbocycles. The summed E-state index contributed by atoms with van der Waals surface area (Å²) in [4.78, 5) is 11.8. The van der Waals surface area contributed by atoms with Gasteiger partial charge in [0.05, 0.1) is 0 Å². The van der Waals surface area contributed by atoms with Crippen LogP contribution in [0.25, 0.3) is 0 Å². The molecule has 0 radical (unpaired) electrons. The van der Waals surface area contributed by atoms with Gasteiger partial charge in [0, 0.05) is 12.3 Å². The van der Waals surface area contributed by atoms with Crippen LogP contribution in [0.2, 0.25) is 0 Å². The molecule has 0 aliphatic carbocycles. The summed E-state index contributed by atoms with van der Waals surface area (Å²) in [5, 5.41) is 0. The van der Waals surface area contributed by atoms with Gasteiger partial charge in [-0.3, -0.25) is 4.79 Å². The van der Waals surface area contributed by atoms with Crippen molar-refractivity contribution in [2.24, 2.45) is 5.92 Å². The fourth-order valence-electron chi connectivity index (χ4n) is 2.98. The number of Topliss-reactive ketones (excluding diaryl/α,β-unsaturated/α-hetero) is 1. The molecule has 1 unspecified atom stereocenters. The molecule has 21 heavy (non-hydrogen) atoms. The first-order valence-corrected chi connectivity index (χ1v) is 9.75. The van der Waals surface area contributed by atoms with Crippen molar-refractivity contribution in [2.75, 3.05) is 0 Å². The van der Waals surface area contributed by atoms with Crippen LogP contribution < -0.4 is 0 Å². The van der Waals surface area contributed by atoms with Crippen LogP contribution in [0.5, 0.6) is 0 Å². The zero-order chi connectivity index (χ0) is 15.8. The van der Waals surface area contributed by atoms with Crippen LogP contribution in [0.4, 0.5) is 0 Å². The molecule has 0 bridgehead atoms. The molecular weight excluding hydrogens is 256 g/mol. The third kappa shape index (κ3) is 14.4. The number of hydrogen-bond acceptors (Lipinski definition) is 1. The van der Waals surface area contributed by atoms with Crippen molar-refractivity contribution in [1.29, 1.82) is 0 Å². The SMILES string of the molecule is CCCCCCCCCCCCCCC(=O)C(C)CCC. The van der Waals surface area contributed by atoms with Crippen molar-refractivity contribution in [3.05, 3.63) is 0 Å². The molecule has 0 aliphatic rings. The highest BCUT2D eigenvalue weighted by atomic mass is 16.1. The molecule has 1 heteroatoms. The zero-order valence-electron chi connectivity index (χ0n) is 15.1. The van der Waals surface area contributed by atoms with Crippen molar-refractivity contribution in [2.45, 2.75) is 117 Å². The Hall–Kier alpha value is -0.330. The maximum absolute atomic E-state index is 11.8. The lowest BCUT2D eigenvalue weighted by Gasteiger charge is -2.08. The highest BCUT2D eigenvalue weighted by Gasteiger charge is 2.10. The molecule has 0 aliphatic heterocycles. The molecule has 0 rings (SSSR count). The Morgan fingerprint density at radius 2 is 1.10 bits per heavy atom. The van der Waals surface area contributed by atoms with Crippen LogP contribution >= 0.6 is 0 Å². The number of rotatable bonds is 16. The second-order valence-electron chi connectivity index (χ2n) is 6.80. The fraction of sp³-hybridized carbons (Fsp3) is 0.950. The Morgan fingerprint density at radius 3 is 1.52 bits per heavy atom. The van der Waals surface area contributed by atoms with Crippen LogP contribution in [0.1, 0.15) is 117 Å². The van der Waals surface area contributed by atoms with E-state index >= 15 is 0 Å². The quantitative estimate of drug-likeness (QED) is 0.278. The van der Waals surface area contributed by atoms with Gasteiger partial charge < -0.3 is 0 Å². The van der Waals surface area contributed by atoms with Gasteiger partial charge in [0.25, 0.3) is 0 Å². The van der Waals surface area contributed by atoms with Crippen molar-refractivity contribution in [1.82, 2.24) is 0 Å². The molecule has 0 fully saturated rings. The summed E-state index contributed by atoms with van der Waals surface area (Å²) in [7, 11) is 0. The van der Waals surface area contributed by atoms with E-state index in [1.807, 2.05) is 0 Å². The molecule has 126 valence electrons. The largest absolute Gasteiger partial charge is 0.299 e. The standard InChI is InChI=1S/C20H40O/c1-4-6-7-8-9-10-11-12-13-14-15-16-18-20(21)19(3)17-5-2/h19H,4-18H2,1-3H3. The van der Waals surface area contributed by atoms with E-state index < -0.39 is 0 Å². The second-order valence-corrected chi connectivity index (χ2v) is 6.80. The number of carbonyl (C=O) groups is 1. The van der Waals surface area contributed by atoms with Crippen LogP contribution in [0.3, 0.4) is 0 Å². The van der Waals surface area contributed by atoms with Crippen molar-refractivity contribution in [3.8, 4) is 0 Å². The molecule has 0 heterocycles. The minimum atomic E-state index is 0.294. The predicted molar refractivity (Wildman–Crippen MR) is 94.8 cm³/mol. The number of hydrogen-bond donors (Lipinski definition) is 0. The van der Waals surface area contributed by atoms with E-state index in [4.69, 9.17) is 0 Å². The van der Waals surface area contributed by atoms with E-state index in [0.717, 1.165) is 25.7 Å².